The standard InChI is InChI=1S/C24H34O6/c1-22-7-5-18-19(24(22,29)9-6-17(22)14-10-21(28)30-13-14)3-2-15-11-16(25)4-8-23(15,18)12-20(26)27/h10,15-19,25,29H,2-9,11-13H2,1H3,(H,26,27)/t15-,16+,17-,18+,19-,22-,23+,24+/m1/s1. The number of aliphatic hydroxyl groups excluding tert-OH is 1. The van der Waals surface area contributed by atoms with Gasteiger partial charge in [-0.1, -0.05) is 6.92 Å². The lowest BCUT2D eigenvalue weighted by molar-refractivity contribution is -0.215. The maximum Gasteiger partial charge on any atom is 0.331 e. The Morgan fingerprint density at radius 2 is 1.93 bits per heavy atom. The van der Waals surface area contributed by atoms with Crippen LogP contribution in [-0.2, 0) is 14.3 Å². The lowest BCUT2D eigenvalue weighted by atomic mass is 9.42. The van der Waals surface area contributed by atoms with Crippen LogP contribution in [0.5, 0.6) is 0 Å². The maximum absolute atomic E-state index is 12.2. The van der Waals surface area contributed by atoms with Crippen LogP contribution in [-0.4, -0.2) is 45.6 Å². The van der Waals surface area contributed by atoms with Crippen LogP contribution in [0.1, 0.15) is 71.1 Å². The molecule has 1 heterocycles. The Labute approximate surface area is 177 Å². The predicted molar refractivity (Wildman–Crippen MR) is 108 cm³/mol. The van der Waals surface area contributed by atoms with E-state index in [4.69, 9.17) is 4.74 Å². The zero-order valence-electron chi connectivity index (χ0n) is 17.8. The summed E-state index contributed by atoms with van der Waals surface area (Å²) in [4.78, 5) is 23.6. The Morgan fingerprint density at radius 1 is 1.13 bits per heavy atom. The molecule has 4 saturated carbocycles. The Balaban J connectivity index is 1.50. The molecule has 8 atom stereocenters. The lowest BCUT2D eigenvalue weighted by Gasteiger charge is -2.64. The van der Waals surface area contributed by atoms with Crippen molar-refractivity contribution in [1.82, 2.24) is 0 Å². The predicted octanol–water partition coefficient (Wildman–Crippen LogP) is 3.06. The number of esters is 1. The molecule has 1 aliphatic heterocycles. The average Bonchev–Trinajstić information content (AvgIpc) is 3.22. The minimum Gasteiger partial charge on any atom is -0.481 e. The topological polar surface area (TPSA) is 104 Å². The molecule has 4 fully saturated rings. The molecule has 0 aromatic heterocycles. The van der Waals surface area contributed by atoms with E-state index in [1.54, 1.807) is 6.08 Å². The van der Waals surface area contributed by atoms with Gasteiger partial charge in [0.05, 0.1) is 18.1 Å². The van der Waals surface area contributed by atoms with Crippen LogP contribution in [0.3, 0.4) is 0 Å². The first-order valence-electron chi connectivity index (χ1n) is 11.7. The van der Waals surface area contributed by atoms with E-state index in [2.05, 4.69) is 6.92 Å². The normalized spacial score (nSPS) is 50.2. The quantitative estimate of drug-likeness (QED) is 0.609. The molecule has 5 rings (SSSR count). The van der Waals surface area contributed by atoms with Gasteiger partial charge >= 0.3 is 11.9 Å². The summed E-state index contributed by atoms with van der Waals surface area (Å²) in [5.74, 6) is -0.380. The third-order valence-corrected chi connectivity index (χ3v) is 10.1. The molecule has 3 N–H and O–H groups in total. The zero-order chi connectivity index (χ0) is 21.3. The molecule has 6 nitrogen and oxygen atoms in total. The first-order chi connectivity index (χ1) is 14.2. The Bertz CT molecular complexity index is 791. The first-order valence-corrected chi connectivity index (χ1v) is 11.7. The second-order valence-corrected chi connectivity index (χ2v) is 11.0. The van der Waals surface area contributed by atoms with Gasteiger partial charge in [-0.3, -0.25) is 4.79 Å². The molecule has 0 aromatic carbocycles. The molecule has 30 heavy (non-hydrogen) atoms. The number of hydrogen-bond donors (Lipinski definition) is 3. The van der Waals surface area contributed by atoms with Gasteiger partial charge in [-0.15, -0.1) is 0 Å². The Kier molecular flexibility index (Phi) is 4.64. The van der Waals surface area contributed by atoms with Crippen molar-refractivity contribution in [2.75, 3.05) is 6.61 Å². The highest BCUT2D eigenvalue weighted by Gasteiger charge is 2.68. The fraction of sp³-hybridized carbons (Fsp3) is 0.833. The van der Waals surface area contributed by atoms with Crippen molar-refractivity contribution in [3.8, 4) is 0 Å². The van der Waals surface area contributed by atoms with Gasteiger partial charge in [0.2, 0.25) is 0 Å². The van der Waals surface area contributed by atoms with Crippen molar-refractivity contribution in [3.63, 3.8) is 0 Å². The summed E-state index contributed by atoms with van der Waals surface area (Å²) < 4.78 is 5.18. The monoisotopic (exact) mass is 418 g/mol. The van der Waals surface area contributed by atoms with Crippen molar-refractivity contribution in [3.05, 3.63) is 11.6 Å². The number of aliphatic hydroxyl groups is 2. The Hall–Kier alpha value is -1.40. The molecule has 0 aromatic rings. The van der Waals surface area contributed by atoms with Gasteiger partial charge in [0.1, 0.15) is 6.61 Å². The summed E-state index contributed by atoms with van der Waals surface area (Å²) in [7, 11) is 0. The third-order valence-electron chi connectivity index (χ3n) is 10.1. The summed E-state index contributed by atoms with van der Waals surface area (Å²) in [6.45, 7) is 2.53. The average molecular weight is 419 g/mol. The second kappa shape index (κ2) is 6.80. The smallest absolute Gasteiger partial charge is 0.331 e. The molecule has 0 spiro atoms. The first kappa shape index (κ1) is 20.5. The summed E-state index contributed by atoms with van der Waals surface area (Å²) in [5.41, 5.74) is -0.431. The number of carbonyl (C=O) groups excluding carboxylic acids is 1. The van der Waals surface area contributed by atoms with Crippen molar-refractivity contribution in [2.24, 2.45) is 34.5 Å². The number of rotatable bonds is 3. The van der Waals surface area contributed by atoms with E-state index < -0.39 is 11.6 Å². The molecule has 0 saturated heterocycles. The van der Waals surface area contributed by atoms with Gasteiger partial charge < -0.3 is 20.1 Å². The van der Waals surface area contributed by atoms with E-state index in [9.17, 15) is 24.9 Å². The fourth-order valence-corrected chi connectivity index (χ4v) is 8.81. The minimum absolute atomic E-state index is 0.0886. The van der Waals surface area contributed by atoms with Crippen LogP contribution in [0.4, 0.5) is 0 Å². The van der Waals surface area contributed by atoms with Gasteiger partial charge in [-0.05, 0) is 92.4 Å². The maximum atomic E-state index is 12.2. The SMILES string of the molecule is C[C@]12CC[C@H]3[C@@H](CC[C@@H]4C[C@@H](O)CC[C@]43CC(=O)O)[C@@]1(O)CC[C@@H]2C1=CC(=O)OC1. The highest BCUT2D eigenvalue weighted by atomic mass is 16.5. The zero-order valence-corrected chi connectivity index (χ0v) is 17.8. The van der Waals surface area contributed by atoms with E-state index in [-0.39, 0.29) is 53.0 Å². The van der Waals surface area contributed by atoms with Crippen LogP contribution in [0, 0.1) is 34.5 Å². The molecule has 0 bridgehead atoms. The van der Waals surface area contributed by atoms with Crippen molar-refractivity contribution >= 4 is 11.9 Å². The van der Waals surface area contributed by atoms with Crippen molar-refractivity contribution < 1.29 is 29.6 Å². The number of fused-ring (bicyclic) bond motifs is 5. The van der Waals surface area contributed by atoms with Gasteiger partial charge in [0.15, 0.2) is 0 Å². The van der Waals surface area contributed by atoms with Crippen LogP contribution in [0.15, 0.2) is 11.6 Å². The third kappa shape index (κ3) is 2.68. The van der Waals surface area contributed by atoms with Crippen LogP contribution in [0.25, 0.3) is 0 Å². The largest absolute Gasteiger partial charge is 0.481 e. The lowest BCUT2D eigenvalue weighted by Crippen LogP contribution is -2.63. The van der Waals surface area contributed by atoms with Crippen molar-refractivity contribution in [1.29, 1.82) is 0 Å². The summed E-state index contributed by atoms with van der Waals surface area (Å²) in [6.07, 6.45) is 8.66. The summed E-state index contributed by atoms with van der Waals surface area (Å²) >= 11 is 0. The van der Waals surface area contributed by atoms with Gasteiger partial charge in [0.25, 0.3) is 0 Å². The Morgan fingerprint density at radius 3 is 2.63 bits per heavy atom. The van der Waals surface area contributed by atoms with E-state index in [1.165, 1.54) is 0 Å². The molecular formula is C24H34O6. The number of ether oxygens (including phenoxy) is 1. The van der Waals surface area contributed by atoms with E-state index in [0.29, 0.717) is 25.9 Å². The van der Waals surface area contributed by atoms with Crippen molar-refractivity contribution in [2.45, 2.75) is 82.8 Å². The number of cyclic esters (lactones) is 1. The molecule has 0 unspecified atom stereocenters. The van der Waals surface area contributed by atoms with Gasteiger partial charge in [-0.2, -0.15) is 0 Å². The number of hydrogen-bond acceptors (Lipinski definition) is 5. The van der Waals surface area contributed by atoms with Crippen LogP contribution >= 0.6 is 0 Å². The van der Waals surface area contributed by atoms with Crippen LogP contribution in [0.2, 0.25) is 0 Å². The number of carboxylic acids is 1. The highest BCUT2D eigenvalue weighted by Crippen LogP contribution is 2.70. The molecule has 4 aliphatic carbocycles. The molecule has 166 valence electrons. The molecule has 0 radical (unpaired) electrons. The fourth-order valence-electron chi connectivity index (χ4n) is 8.81. The highest BCUT2D eigenvalue weighted by molar-refractivity contribution is 5.85. The van der Waals surface area contributed by atoms with E-state index >= 15 is 0 Å². The van der Waals surface area contributed by atoms with E-state index in [0.717, 1.165) is 44.1 Å². The minimum atomic E-state index is -0.834. The summed E-state index contributed by atoms with van der Waals surface area (Å²) in [5, 5.41) is 32.3. The number of carboxylic acid groups (broad SMARTS) is 1. The molecule has 5 aliphatic rings. The molecule has 6 heteroatoms. The van der Waals surface area contributed by atoms with Gasteiger partial charge in [0, 0.05) is 11.5 Å². The van der Waals surface area contributed by atoms with Gasteiger partial charge in [-0.25, -0.2) is 4.79 Å². The molecule has 0 amide bonds. The number of aliphatic carboxylic acids is 1. The number of carbonyl (C=O) groups is 2. The molecular weight excluding hydrogens is 384 g/mol. The second-order valence-electron chi connectivity index (χ2n) is 11.0. The van der Waals surface area contributed by atoms with Crippen LogP contribution < -0.4 is 0 Å². The van der Waals surface area contributed by atoms with E-state index in [1.807, 2.05) is 0 Å². The summed E-state index contributed by atoms with van der Waals surface area (Å²) in [6, 6.07) is 0.